The fourth-order valence-corrected chi connectivity index (χ4v) is 8.19. The molecule has 0 N–H and O–H groups in total. The highest BCUT2D eigenvalue weighted by molar-refractivity contribution is 8.03. The third-order valence-electron chi connectivity index (χ3n) is 8.69. The summed E-state index contributed by atoms with van der Waals surface area (Å²) in [6, 6.07) is 36.7. The van der Waals surface area contributed by atoms with E-state index in [1.165, 1.54) is 31.7 Å². The largest absolute Gasteiger partial charge is 0.310 e. The molecule has 198 valence electrons. The smallest absolute Gasteiger partial charge is 0.0991 e. The predicted molar refractivity (Wildman–Crippen MR) is 172 cm³/mol. The van der Waals surface area contributed by atoms with Gasteiger partial charge in [0, 0.05) is 43.7 Å². The molecule has 2 unspecified atom stereocenters. The van der Waals surface area contributed by atoms with Crippen LogP contribution in [0.4, 0.5) is 0 Å². The number of thioether (sulfide) groups is 1. The Morgan fingerprint density at radius 3 is 2.31 bits per heavy atom. The Morgan fingerprint density at radius 2 is 1.55 bits per heavy atom. The van der Waals surface area contributed by atoms with Crippen LogP contribution in [0.5, 0.6) is 0 Å². The van der Waals surface area contributed by atoms with Crippen molar-refractivity contribution in [3.63, 3.8) is 0 Å². The minimum Gasteiger partial charge on any atom is -0.310 e. The van der Waals surface area contributed by atoms with Gasteiger partial charge in [-0.25, -0.2) is 0 Å². The van der Waals surface area contributed by atoms with Crippen LogP contribution in [-0.4, -0.2) is 4.57 Å². The Kier molecular flexibility index (Phi) is 5.78. The van der Waals surface area contributed by atoms with Crippen LogP contribution in [-0.2, 0) is 0 Å². The van der Waals surface area contributed by atoms with E-state index in [0.717, 1.165) is 39.9 Å². The lowest BCUT2D eigenvalue weighted by atomic mass is 9.83. The average Bonchev–Trinajstić information content (AvgIpc) is 3.60. The second-order valence-electron chi connectivity index (χ2n) is 11.1. The molecular weight excluding hydrogens is 531 g/mol. The maximum absolute atomic E-state index is 10.1. The van der Waals surface area contributed by atoms with Crippen LogP contribution in [0, 0.1) is 22.7 Å². The van der Waals surface area contributed by atoms with E-state index in [0.29, 0.717) is 17.9 Å². The number of hydrogen-bond donors (Lipinski definition) is 0. The van der Waals surface area contributed by atoms with E-state index in [1.54, 1.807) is 0 Å². The molecule has 0 fully saturated rings. The standard InChI is InChI=1S/C38H25N3S/c39-22-24-16-26(20-28(18-24)30-11-7-12-34-33-10-3-6-15-37(33)42-38(30)34)27-17-25(23-40)19-29(21-27)41-35-13-4-1-8-31(35)32-9-2-5-14-36(32)41/h1-11,13-16,18-21,27,34H,12,17H2. The minimum absolute atomic E-state index is 0.0333. The van der Waals surface area contributed by atoms with Crippen LogP contribution in [0.25, 0.3) is 33.1 Å². The van der Waals surface area contributed by atoms with Gasteiger partial charge in [0.25, 0.3) is 0 Å². The molecule has 2 aliphatic carbocycles. The molecule has 42 heavy (non-hydrogen) atoms. The van der Waals surface area contributed by atoms with Gasteiger partial charge in [0.15, 0.2) is 0 Å². The van der Waals surface area contributed by atoms with Gasteiger partial charge in [-0.1, -0.05) is 90.7 Å². The molecule has 0 saturated carbocycles. The van der Waals surface area contributed by atoms with Crippen molar-refractivity contribution in [2.75, 3.05) is 0 Å². The van der Waals surface area contributed by atoms with E-state index < -0.39 is 0 Å². The van der Waals surface area contributed by atoms with E-state index in [9.17, 15) is 10.5 Å². The van der Waals surface area contributed by atoms with Gasteiger partial charge in [-0.15, -0.1) is 0 Å². The quantitative estimate of drug-likeness (QED) is 0.223. The predicted octanol–water partition coefficient (Wildman–Crippen LogP) is 9.71. The Bertz CT molecular complexity index is 2110. The summed E-state index contributed by atoms with van der Waals surface area (Å²) in [5, 5.41) is 22.6. The van der Waals surface area contributed by atoms with Crippen LogP contribution in [0.1, 0.15) is 46.9 Å². The Labute approximate surface area is 249 Å². The Morgan fingerprint density at radius 1 is 0.810 bits per heavy atom. The molecule has 0 radical (unpaired) electrons. The van der Waals surface area contributed by atoms with Gasteiger partial charge < -0.3 is 4.57 Å². The zero-order chi connectivity index (χ0) is 28.2. The van der Waals surface area contributed by atoms with Gasteiger partial charge in [0.05, 0.1) is 28.7 Å². The number of nitriles is 2. The molecule has 3 nitrogen and oxygen atoms in total. The molecule has 2 atom stereocenters. The molecule has 0 spiro atoms. The number of allylic oxidation sites excluding steroid dienone is 8. The summed E-state index contributed by atoms with van der Waals surface area (Å²) >= 11 is 1.86. The molecule has 0 amide bonds. The van der Waals surface area contributed by atoms with Crippen molar-refractivity contribution in [1.82, 2.24) is 4.57 Å². The zero-order valence-corrected chi connectivity index (χ0v) is 23.6. The molecule has 4 heteroatoms. The zero-order valence-electron chi connectivity index (χ0n) is 22.8. The van der Waals surface area contributed by atoms with Crippen molar-refractivity contribution >= 4 is 44.8 Å². The van der Waals surface area contributed by atoms with Gasteiger partial charge in [0.1, 0.15) is 0 Å². The van der Waals surface area contributed by atoms with Crippen molar-refractivity contribution in [3.05, 3.63) is 148 Å². The van der Waals surface area contributed by atoms with Gasteiger partial charge in [0.2, 0.25) is 0 Å². The van der Waals surface area contributed by atoms with E-state index in [-0.39, 0.29) is 5.92 Å². The first-order valence-corrected chi connectivity index (χ1v) is 15.1. The molecule has 2 heterocycles. The lowest BCUT2D eigenvalue weighted by Gasteiger charge is -2.23. The molecule has 8 rings (SSSR count). The van der Waals surface area contributed by atoms with Crippen molar-refractivity contribution in [2.45, 2.75) is 29.6 Å². The van der Waals surface area contributed by atoms with Crippen molar-refractivity contribution in [2.24, 2.45) is 0 Å². The molecule has 5 aromatic rings. The number of fused-ring (bicyclic) bond motifs is 6. The monoisotopic (exact) mass is 555 g/mol. The van der Waals surface area contributed by atoms with Crippen molar-refractivity contribution in [3.8, 4) is 12.1 Å². The highest BCUT2D eigenvalue weighted by atomic mass is 32.2. The lowest BCUT2D eigenvalue weighted by molar-refractivity contribution is 0.825. The number of hydrogen-bond acceptors (Lipinski definition) is 3. The fraction of sp³-hybridized carbons (Fsp3) is 0.105. The van der Waals surface area contributed by atoms with Gasteiger partial charge >= 0.3 is 0 Å². The third-order valence-corrected chi connectivity index (χ3v) is 10.0. The van der Waals surface area contributed by atoms with Crippen LogP contribution >= 0.6 is 11.8 Å². The molecule has 0 bridgehead atoms. The summed E-state index contributed by atoms with van der Waals surface area (Å²) in [5.41, 5.74) is 9.34. The summed E-state index contributed by atoms with van der Waals surface area (Å²) in [7, 11) is 0. The second-order valence-corrected chi connectivity index (χ2v) is 12.2. The number of benzene rings is 4. The second kappa shape index (κ2) is 9.81. The maximum atomic E-state index is 10.1. The third kappa shape index (κ3) is 3.88. The lowest BCUT2D eigenvalue weighted by Crippen LogP contribution is -2.08. The fourth-order valence-electron chi connectivity index (χ4n) is 6.82. The average molecular weight is 556 g/mol. The summed E-state index contributed by atoms with van der Waals surface area (Å²) in [5.74, 6) is 0.332. The number of rotatable bonds is 3. The topological polar surface area (TPSA) is 52.5 Å². The minimum atomic E-state index is -0.0333. The molecule has 1 aromatic heterocycles. The van der Waals surface area contributed by atoms with Crippen molar-refractivity contribution < 1.29 is 0 Å². The highest BCUT2D eigenvalue weighted by Crippen LogP contribution is 2.55. The highest BCUT2D eigenvalue weighted by Gasteiger charge is 2.32. The molecule has 1 aliphatic heterocycles. The summed E-state index contributed by atoms with van der Waals surface area (Å²) in [4.78, 5) is 2.69. The van der Waals surface area contributed by atoms with Gasteiger partial charge in [-0.05, 0) is 71.5 Å². The first-order valence-electron chi connectivity index (χ1n) is 14.3. The number of para-hydroxylation sites is 2. The molecule has 4 aromatic carbocycles. The first kappa shape index (κ1) is 24.7. The summed E-state index contributed by atoms with van der Waals surface area (Å²) < 4.78 is 2.27. The normalized spacial score (nSPS) is 19.2. The molecule has 0 saturated heterocycles. The van der Waals surface area contributed by atoms with E-state index in [1.807, 2.05) is 30.0 Å². The Hall–Kier alpha value is -5.03. The van der Waals surface area contributed by atoms with Gasteiger partial charge in [-0.2, -0.15) is 10.5 Å². The van der Waals surface area contributed by atoms with E-state index >= 15 is 0 Å². The van der Waals surface area contributed by atoms with Crippen LogP contribution in [0.3, 0.4) is 0 Å². The van der Waals surface area contributed by atoms with Crippen molar-refractivity contribution in [1.29, 1.82) is 10.5 Å². The molecular formula is C38H25N3S. The Balaban J connectivity index is 1.28. The maximum Gasteiger partial charge on any atom is 0.0991 e. The number of nitrogens with zero attached hydrogens (tertiary/aromatic N) is 3. The summed E-state index contributed by atoms with van der Waals surface area (Å²) in [6.45, 7) is 0. The number of aromatic nitrogens is 1. The van der Waals surface area contributed by atoms with Gasteiger partial charge in [-0.3, -0.25) is 0 Å². The first-order chi connectivity index (χ1) is 20.7. The van der Waals surface area contributed by atoms with Crippen LogP contribution < -0.4 is 0 Å². The van der Waals surface area contributed by atoms with Crippen LogP contribution in [0.15, 0.2) is 131 Å². The van der Waals surface area contributed by atoms with Crippen LogP contribution in [0.2, 0.25) is 0 Å². The van der Waals surface area contributed by atoms with E-state index in [4.69, 9.17) is 0 Å². The van der Waals surface area contributed by atoms with E-state index in [2.05, 4.69) is 114 Å². The molecule has 3 aliphatic rings. The SMILES string of the molecule is N#CC1=CC(n2c3ccccc3c3ccccc32)=CC(c2cc(C#N)cc(C3=C4Sc5ccccc5C4CC=C3)c2)C1. The summed E-state index contributed by atoms with van der Waals surface area (Å²) in [6.07, 6.45) is 10.4.